The standard InChI is InChI=1S/C19H19IN2O5S/c1-3-4-9-27-15-5-7-16(8-6-15)28(25,26)12-21-18-13(2)10-14(20)11-17(18)19(23)22-24/h5-8,10-11,21,24H,9,12H2,1-2H3,(H,22,23). The van der Waals surface area contributed by atoms with Crippen LogP contribution in [0.25, 0.3) is 0 Å². The van der Waals surface area contributed by atoms with Gasteiger partial charge in [0.25, 0.3) is 5.91 Å². The van der Waals surface area contributed by atoms with Gasteiger partial charge in [0, 0.05) is 3.57 Å². The van der Waals surface area contributed by atoms with Crippen LogP contribution in [-0.2, 0) is 9.84 Å². The van der Waals surface area contributed by atoms with Crippen molar-refractivity contribution in [2.24, 2.45) is 0 Å². The van der Waals surface area contributed by atoms with Gasteiger partial charge >= 0.3 is 0 Å². The number of carbonyl (C=O) groups excluding carboxylic acids is 1. The molecule has 1 amide bonds. The van der Waals surface area contributed by atoms with Crippen LogP contribution in [0, 0.1) is 22.3 Å². The van der Waals surface area contributed by atoms with E-state index in [9.17, 15) is 13.2 Å². The quantitative estimate of drug-likeness (QED) is 0.227. The van der Waals surface area contributed by atoms with Gasteiger partial charge in [-0.25, -0.2) is 13.9 Å². The van der Waals surface area contributed by atoms with Gasteiger partial charge in [-0.05, 0) is 78.4 Å². The van der Waals surface area contributed by atoms with Crippen molar-refractivity contribution >= 4 is 44.0 Å². The summed E-state index contributed by atoms with van der Waals surface area (Å²) in [4.78, 5) is 12.0. The van der Waals surface area contributed by atoms with Crippen molar-refractivity contribution < 1.29 is 23.2 Å². The summed E-state index contributed by atoms with van der Waals surface area (Å²) in [7, 11) is -3.67. The average molecular weight is 514 g/mol. The number of anilines is 1. The lowest BCUT2D eigenvalue weighted by Crippen LogP contribution is -2.23. The summed E-state index contributed by atoms with van der Waals surface area (Å²) in [6, 6.07) is 9.38. The highest BCUT2D eigenvalue weighted by molar-refractivity contribution is 14.1. The van der Waals surface area contributed by atoms with E-state index in [1.54, 1.807) is 43.6 Å². The molecule has 0 bridgehead atoms. The smallest absolute Gasteiger partial charge is 0.276 e. The Kier molecular flexibility index (Phi) is 7.68. The SMILES string of the molecule is CC#CCOc1ccc(S(=O)(=O)CNc2c(C)cc(I)cc2C(=O)NO)cc1. The lowest BCUT2D eigenvalue weighted by atomic mass is 10.1. The molecule has 7 nitrogen and oxygen atoms in total. The predicted octanol–water partition coefficient (Wildman–Crippen LogP) is 2.96. The molecule has 2 aromatic rings. The van der Waals surface area contributed by atoms with Gasteiger partial charge in [0.05, 0.1) is 16.1 Å². The van der Waals surface area contributed by atoms with Gasteiger partial charge in [-0.2, -0.15) is 0 Å². The molecule has 3 N–H and O–H groups in total. The Morgan fingerprint density at radius 2 is 1.93 bits per heavy atom. The normalized spacial score (nSPS) is 10.6. The molecule has 0 heterocycles. The highest BCUT2D eigenvalue weighted by atomic mass is 127. The molecule has 0 unspecified atom stereocenters. The maximum Gasteiger partial charge on any atom is 0.276 e. The molecule has 2 aromatic carbocycles. The minimum Gasteiger partial charge on any atom is -0.481 e. The highest BCUT2D eigenvalue weighted by Crippen LogP contribution is 2.25. The first-order valence-electron chi connectivity index (χ1n) is 8.12. The minimum absolute atomic E-state index is 0.116. The van der Waals surface area contributed by atoms with Crippen molar-refractivity contribution in [3.05, 3.63) is 51.1 Å². The number of halogens is 1. The number of hydrogen-bond acceptors (Lipinski definition) is 6. The number of amides is 1. The number of benzene rings is 2. The van der Waals surface area contributed by atoms with Crippen LogP contribution in [-0.4, -0.2) is 32.0 Å². The summed E-state index contributed by atoms with van der Waals surface area (Å²) < 4.78 is 31.4. The van der Waals surface area contributed by atoms with E-state index in [0.717, 1.165) is 3.57 Å². The fraction of sp³-hybridized carbons (Fsp3) is 0.211. The lowest BCUT2D eigenvalue weighted by Gasteiger charge is -2.15. The number of nitrogens with one attached hydrogen (secondary N) is 2. The molecule has 0 atom stereocenters. The Bertz CT molecular complexity index is 1020. The summed E-state index contributed by atoms with van der Waals surface area (Å²) in [5.74, 6) is 4.84. The third kappa shape index (κ3) is 5.60. The first-order valence-corrected chi connectivity index (χ1v) is 10.8. The van der Waals surface area contributed by atoms with Gasteiger partial charge in [-0.3, -0.25) is 10.0 Å². The summed E-state index contributed by atoms with van der Waals surface area (Å²) in [6.07, 6.45) is 0. The third-order valence-electron chi connectivity index (χ3n) is 3.76. The number of sulfone groups is 1. The molecule has 9 heteroatoms. The minimum atomic E-state index is -3.67. The number of carbonyl (C=O) groups is 1. The van der Waals surface area contributed by atoms with Crippen molar-refractivity contribution in [3.63, 3.8) is 0 Å². The molecule has 0 fully saturated rings. The van der Waals surface area contributed by atoms with Gasteiger partial charge < -0.3 is 10.1 Å². The predicted molar refractivity (Wildman–Crippen MR) is 114 cm³/mol. The molecule has 0 radical (unpaired) electrons. The molecule has 0 spiro atoms. The Balaban J connectivity index is 2.19. The molecule has 0 aliphatic rings. The van der Waals surface area contributed by atoms with E-state index >= 15 is 0 Å². The van der Waals surface area contributed by atoms with E-state index in [1.165, 1.54) is 12.1 Å². The van der Waals surface area contributed by atoms with E-state index in [1.807, 2.05) is 22.6 Å². The van der Waals surface area contributed by atoms with E-state index in [0.29, 0.717) is 17.0 Å². The lowest BCUT2D eigenvalue weighted by molar-refractivity contribution is 0.0707. The number of ether oxygens (including phenoxy) is 1. The first-order chi connectivity index (χ1) is 13.3. The van der Waals surface area contributed by atoms with Gasteiger partial charge in [0.1, 0.15) is 18.2 Å². The largest absolute Gasteiger partial charge is 0.481 e. The second-order valence-electron chi connectivity index (χ2n) is 5.71. The number of hydrogen-bond donors (Lipinski definition) is 3. The number of aryl methyl sites for hydroxylation is 1. The van der Waals surface area contributed by atoms with Crippen molar-refractivity contribution in [2.75, 3.05) is 17.8 Å². The topological polar surface area (TPSA) is 105 Å². The van der Waals surface area contributed by atoms with E-state index in [-0.39, 0.29) is 17.1 Å². The molecular weight excluding hydrogens is 495 g/mol. The highest BCUT2D eigenvalue weighted by Gasteiger charge is 2.19. The van der Waals surface area contributed by atoms with Crippen LogP contribution in [0.3, 0.4) is 0 Å². The Labute approximate surface area is 177 Å². The number of rotatable bonds is 7. The maximum atomic E-state index is 12.6. The van der Waals surface area contributed by atoms with Gasteiger partial charge in [0.2, 0.25) is 0 Å². The van der Waals surface area contributed by atoms with Crippen molar-refractivity contribution in [2.45, 2.75) is 18.7 Å². The van der Waals surface area contributed by atoms with E-state index < -0.39 is 21.6 Å². The zero-order valence-corrected chi connectivity index (χ0v) is 18.2. The molecule has 0 saturated carbocycles. The molecule has 0 aromatic heterocycles. The average Bonchev–Trinajstić information content (AvgIpc) is 2.66. The fourth-order valence-electron chi connectivity index (χ4n) is 2.40. The van der Waals surface area contributed by atoms with Crippen LogP contribution in [0.2, 0.25) is 0 Å². The molecular formula is C19H19IN2O5S. The number of hydroxylamine groups is 1. The first kappa shape index (κ1) is 22.0. The van der Waals surface area contributed by atoms with Gasteiger partial charge in [-0.1, -0.05) is 5.92 Å². The van der Waals surface area contributed by atoms with Crippen LogP contribution in [0.15, 0.2) is 41.3 Å². The van der Waals surface area contributed by atoms with Crippen LogP contribution in [0.1, 0.15) is 22.8 Å². The van der Waals surface area contributed by atoms with Gasteiger partial charge in [-0.15, -0.1) is 5.92 Å². The molecule has 28 heavy (non-hydrogen) atoms. The van der Waals surface area contributed by atoms with E-state index in [4.69, 9.17) is 9.94 Å². The fourth-order valence-corrected chi connectivity index (χ4v) is 4.23. The second kappa shape index (κ2) is 9.77. The van der Waals surface area contributed by atoms with E-state index in [2.05, 4.69) is 17.2 Å². The van der Waals surface area contributed by atoms with Crippen LogP contribution >= 0.6 is 22.6 Å². The molecule has 2 rings (SSSR count). The Morgan fingerprint density at radius 1 is 1.25 bits per heavy atom. The summed E-state index contributed by atoms with van der Waals surface area (Å²) in [6.45, 7) is 3.68. The van der Waals surface area contributed by atoms with Crippen LogP contribution in [0.5, 0.6) is 5.75 Å². The molecule has 148 valence electrons. The van der Waals surface area contributed by atoms with Crippen LogP contribution < -0.4 is 15.5 Å². The van der Waals surface area contributed by atoms with Crippen molar-refractivity contribution in [3.8, 4) is 17.6 Å². The monoisotopic (exact) mass is 514 g/mol. The Morgan fingerprint density at radius 3 is 2.54 bits per heavy atom. The summed E-state index contributed by atoms with van der Waals surface area (Å²) >= 11 is 2.04. The second-order valence-corrected chi connectivity index (χ2v) is 8.94. The van der Waals surface area contributed by atoms with Crippen LogP contribution in [0.4, 0.5) is 5.69 Å². The Hall–Kier alpha value is -2.29. The van der Waals surface area contributed by atoms with Crippen molar-refractivity contribution in [1.29, 1.82) is 0 Å². The maximum absolute atomic E-state index is 12.6. The van der Waals surface area contributed by atoms with Crippen molar-refractivity contribution in [1.82, 2.24) is 5.48 Å². The molecule has 0 saturated heterocycles. The summed E-state index contributed by atoms with van der Waals surface area (Å²) in [5, 5.41) is 11.7. The third-order valence-corrected chi connectivity index (χ3v) is 5.89. The zero-order chi connectivity index (χ0) is 20.7. The summed E-state index contributed by atoms with van der Waals surface area (Å²) in [5.41, 5.74) is 2.76. The molecule has 0 aliphatic carbocycles. The zero-order valence-electron chi connectivity index (χ0n) is 15.2. The van der Waals surface area contributed by atoms with Gasteiger partial charge in [0.15, 0.2) is 9.84 Å². The molecule has 0 aliphatic heterocycles.